The number of aliphatic imine (C=N–C) groups is 1. The zero-order valence-electron chi connectivity index (χ0n) is 10.0. The summed E-state index contributed by atoms with van der Waals surface area (Å²) in [4.78, 5) is 4.56. The van der Waals surface area contributed by atoms with Gasteiger partial charge >= 0.3 is 0 Å². The molecule has 0 unspecified atom stereocenters. The lowest BCUT2D eigenvalue weighted by molar-refractivity contribution is 0.436. The van der Waals surface area contributed by atoms with Crippen LogP contribution < -0.4 is 5.32 Å². The van der Waals surface area contributed by atoms with Gasteiger partial charge in [0, 0.05) is 18.8 Å². The van der Waals surface area contributed by atoms with Crippen molar-refractivity contribution in [3.8, 4) is 0 Å². The quantitative estimate of drug-likeness (QED) is 0.755. The van der Waals surface area contributed by atoms with Gasteiger partial charge in [0.25, 0.3) is 0 Å². The Morgan fingerprint density at radius 2 is 2.27 bits per heavy atom. The van der Waals surface area contributed by atoms with Crippen molar-refractivity contribution in [3.63, 3.8) is 0 Å². The summed E-state index contributed by atoms with van der Waals surface area (Å²) in [5.74, 6) is 2.46. The van der Waals surface area contributed by atoms with Crippen molar-refractivity contribution in [2.24, 2.45) is 10.4 Å². The van der Waals surface area contributed by atoms with Gasteiger partial charge in [-0.1, -0.05) is 25.6 Å². The van der Waals surface area contributed by atoms with Crippen molar-refractivity contribution >= 4 is 28.7 Å². The van der Waals surface area contributed by atoms with E-state index in [1.54, 1.807) is 0 Å². The van der Waals surface area contributed by atoms with E-state index in [4.69, 9.17) is 0 Å². The fourth-order valence-corrected chi connectivity index (χ4v) is 2.79. The second kappa shape index (κ2) is 6.69. The molecule has 1 heterocycles. The van der Waals surface area contributed by atoms with Crippen molar-refractivity contribution in [2.45, 2.75) is 26.7 Å². The van der Waals surface area contributed by atoms with Gasteiger partial charge in [0.1, 0.15) is 0 Å². The van der Waals surface area contributed by atoms with E-state index in [1.807, 2.05) is 23.5 Å². The molecule has 0 aromatic rings. The lowest BCUT2D eigenvalue weighted by Gasteiger charge is -2.27. The average Bonchev–Trinajstić information content (AvgIpc) is 2.20. The van der Waals surface area contributed by atoms with Crippen LogP contribution in [0.5, 0.6) is 0 Å². The first-order valence-electron chi connectivity index (χ1n) is 5.54. The summed E-state index contributed by atoms with van der Waals surface area (Å²) in [6, 6.07) is 0. The fourth-order valence-electron chi connectivity index (χ4n) is 1.31. The number of thioether (sulfide) groups is 2. The minimum Gasteiger partial charge on any atom is -0.365 e. The Hall–Kier alpha value is 0.170. The van der Waals surface area contributed by atoms with Crippen molar-refractivity contribution in [1.82, 2.24) is 5.32 Å². The van der Waals surface area contributed by atoms with Gasteiger partial charge in [0.15, 0.2) is 5.17 Å². The maximum Gasteiger partial charge on any atom is 0.156 e. The second-order valence-corrected chi connectivity index (χ2v) is 6.65. The fraction of sp³-hybridized carbons (Fsp3) is 0.909. The van der Waals surface area contributed by atoms with Crippen LogP contribution in [0.2, 0.25) is 0 Å². The highest BCUT2D eigenvalue weighted by Crippen LogP contribution is 2.26. The molecule has 0 atom stereocenters. The normalized spacial score (nSPS) is 19.8. The van der Waals surface area contributed by atoms with Gasteiger partial charge in [-0.05, 0) is 30.3 Å². The van der Waals surface area contributed by atoms with Crippen LogP contribution in [0.4, 0.5) is 0 Å². The Balaban J connectivity index is 2.10. The minimum absolute atomic E-state index is 0.384. The topological polar surface area (TPSA) is 24.4 Å². The molecule has 0 aromatic carbocycles. The van der Waals surface area contributed by atoms with E-state index in [2.05, 4.69) is 30.4 Å². The zero-order valence-corrected chi connectivity index (χ0v) is 11.6. The number of nitrogens with zero attached hydrogens (tertiary/aromatic N) is 1. The number of amidine groups is 1. The van der Waals surface area contributed by atoms with Gasteiger partial charge in [-0.2, -0.15) is 11.8 Å². The molecule has 0 saturated heterocycles. The summed E-state index contributed by atoms with van der Waals surface area (Å²) in [5, 5.41) is 4.57. The summed E-state index contributed by atoms with van der Waals surface area (Å²) in [7, 11) is 0. The Morgan fingerprint density at radius 3 is 2.87 bits per heavy atom. The van der Waals surface area contributed by atoms with Crippen LogP contribution in [0.25, 0.3) is 0 Å². The molecule has 0 aromatic heterocycles. The monoisotopic (exact) mass is 246 g/mol. The third kappa shape index (κ3) is 5.71. The lowest BCUT2D eigenvalue weighted by atomic mass is 9.97. The van der Waals surface area contributed by atoms with Crippen LogP contribution in [0.3, 0.4) is 0 Å². The minimum atomic E-state index is 0.384. The van der Waals surface area contributed by atoms with Gasteiger partial charge in [0.05, 0.1) is 0 Å². The highest BCUT2D eigenvalue weighted by Gasteiger charge is 2.22. The lowest BCUT2D eigenvalue weighted by Crippen LogP contribution is -2.31. The Kier molecular flexibility index (Phi) is 5.90. The standard InChI is InChI=1S/C11H22N2S2/c1-11(2)8-13-10(15-9-11)12-6-4-5-7-14-3/h4-9H2,1-3H3,(H,12,13). The van der Waals surface area contributed by atoms with E-state index in [9.17, 15) is 0 Å². The molecule has 0 amide bonds. The number of unbranched alkanes of at least 4 members (excludes halogenated alkanes) is 1. The summed E-state index contributed by atoms with van der Waals surface area (Å²) in [5.41, 5.74) is 0.384. The van der Waals surface area contributed by atoms with Crippen LogP contribution in [-0.2, 0) is 0 Å². The summed E-state index contributed by atoms with van der Waals surface area (Å²) in [6.07, 6.45) is 4.72. The molecule has 88 valence electrons. The van der Waals surface area contributed by atoms with Crippen molar-refractivity contribution in [2.75, 3.05) is 30.9 Å². The van der Waals surface area contributed by atoms with E-state index >= 15 is 0 Å². The zero-order chi connectivity index (χ0) is 11.1. The van der Waals surface area contributed by atoms with Crippen LogP contribution in [0, 0.1) is 5.41 Å². The Bertz CT molecular complexity index is 215. The van der Waals surface area contributed by atoms with Crippen LogP contribution >= 0.6 is 23.5 Å². The van der Waals surface area contributed by atoms with Gasteiger partial charge in [-0.25, -0.2) is 0 Å². The molecule has 0 bridgehead atoms. The third-order valence-electron chi connectivity index (χ3n) is 2.30. The van der Waals surface area contributed by atoms with Crippen LogP contribution in [0.15, 0.2) is 4.99 Å². The average molecular weight is 246 g/mol. The van der Waals surface area contributed by atoms with E-state index in [0.717, 1.165) is 18.3 Å². The van der Waals surface area contributed by atoms with Crippen molar-refractivity contribution < 1.29 is 0 Å². The first kappa shape index (κ1) is 13.2. The molecule has 4 heteroatoms. The molecule has 0 spiro atoms. The number of nitrogens with one attached hydrogen (secondary N) is 1. The number of hydrogen-bond donors (Lipinski definition) is 1. The number of hydrogen-bond acceptors (Lipinski definition) is 4. The first-order chi connectivity index (χ1) is 7.14. The van der Waals surface area contributed by atoms with Gasteiger partial charge < -0.3 is 5.32 Å². The maximum absolute atomic E-state index is 4.56. The van der Waals surface area contributed by atoms with E-state index < -0.39 is 0 Å². The van der Waals surface area contributed by atoms with Gasteiger partial charge in [0.2, 0.25) is 0 Å². The predicted octanol–water partition coefficient (Wildman–Crippen LogP) is 2.85. The maximum atomic E-state index is 4.56. The summed E-state index contributed by atoms with van der Waals surface area (Å²) < 4.78 is 0. The molecule has 1 N–H and O–H groups in total. The second-order valence-electron chi connectivity index (χ2n) is 4.70. The van der Waals surface area contributed by atoms with Crippen molar-refractivity contribution in [3.05, 3.63) is 0 Å². The van der Waals surface area contributed by atoms with E-state index in [-0.39, 0.29) is 0 Å². The molecular weight excluding hydrogens is 224 g/mol. The number of rotatable bonds is 5. The molecular formula is C11H22N2S2. The Labute approximate surface area is 102 Å². The smallest absolute Gasteiger partial charge is 0.156 e. The molecule has 0 fully saturated rings. The van der Waals surface area contributed by atoms with Gasteiger partial charge in [-0.3, -0.25) is 4.99 Å². The molecule has 0 aliphatic carbocycles. The summed E-state index contributed by atoms with van der Waals surface area (Å²) >= 11 is 3.79. The molecule has 15 heavy (non-hydrogen) atoms. The molecule has 1 rings (SSSR count). The third-order valence-corrected chi connectivity index (χ3v) is 4.47. The molecule has 1 aliphatic rings. The van der Waals surface area contributed by atoms with E-state index in [0.29, 0.717) is 5.41 Å². The largest absolute Gasteiger partial charge is 0.365 e. The van der Waals surface area contributed by atoms with Gasteiger partial charge in [-0.15, -0.1) is 0 Å². The SMILES string of the molecule is CSCCCCNC1=NCC(C)(C)CS1. The highest BCUT2D eigenvalue weighted by molar-refractivity contribution is 8.13. The van der Waals surface area contributed by atoms with E-state index in [1.165, 1.54) is 24.3 Å². The predicted molar refractivity (Wildman–Crippen MR) is 74.2 cm³/mol. The van der Waals surface area contributed by atoms with Crippen LogP contribution in [-0.4, -0.2) is 36.0 Å². The molecule has 2 nitrogen and oxygen atoms in total. The molecule has 1 aliphatic heterocycles. The Morgan fingerprint density at radius 1 is 1.47 bits per heavy atom. The van der Waals surface area contributed by atoms with Crippen LogP contribution in [0.1, 0.15) is 26.7 Å². The molecule has 0 saturated carbocycles. The first-order valence-corrected chi connectivity index (χ1v) is 7.92. The van der Waals surface area contributed by atoms with Crippen molar-refractivity contribution in [1.29, 1.82) is 0 Å². The molecule has 0 radical (unpaired) electrons. The highest BCUT2D eigenvalue weighted by atomic mass is 32.2. The summed E-state index contributed by atoms with van der Waals surface area (Å²) in [6.45, 7) is 6.59.